The number of nitrogens with one attached hydrogen (secondary N) is 1. The molecular weight excluding hydrogens is 441 g/mol. The maximum absolute atomic E-state index is 15.1. The van der Waals surface area contributed by atoms with Gasteiger partial charge in [-0.2, -0.15) is 0 Å². The van der Waals surface area contributed by atoms with Crippen molar-refractivity contribution in [3.63, 3.8) is 0 Å². The summed E-state index contributed by atoms with van der Waals surface area (Å²) in [6, 6.07) is 7.31. The number of amides is 2. The summed E-state index contributed by atoms with van der Waals surface area (Å²) >= 11 is 1.45. The second-order valence-electron chi connectivity index (χ2n) is 8.86. The van der Waals surface area contributed by atoms with Gasteiger partial charge in [-0.25, -0.2) is 14.4 Å². The van der Waals surface area contributed by atoms with Gasteiger partial charge < -0.3 is 5.32 Å². The van der Waals surface area contributed by atoms with Gasteiger partial charge >= 0.3 is 0 Å². The van der Waals surface area contributed by atoms with Crippen LogP contribution < -0.4 is 5.32 Å². The van der Waals surface area contributed by atoms with Crippen LogP contribution >= 0.6 is 11.3 Å². The minimum Gasteiger partial charge on any atom is -0.314 e. The molecule has 5 rings (SSSR count). The SMILES string of the molecule is CC1CC(=O)N(Cc2cc3ncnc(-c4cccc(F)c4CN4CCNCC4C)c3s2)C1=O. The lowest BCUT2D eigenvalue weighted by atomic mass is 10.0. The van der Waals surface area contributed by atoms with Crippen molar-refractivity contribution in [2.45, 2.75) is 39.4 Å². The first kappa shape index (κ1) is 22.1. The van der Waals surface area contributed by atoms with E-state index in [4.69, 9.17) is 0 Å². The van der Waals surface area contributed by atoms with Crippen molar-refractivity contribution in [3.8, 4) is 11.3 Å². The Morgan fingerprint density at radius 3 is 2.82 bits per heavy atom. The fourth-order valence-electron chi connectivity index (χ4n) is 4.61. The number of carbonyl (C=O) groups excluding carboxylic acids is 2. The molecule has 2 amide bonds. The molecule has 2 saturated heterocycles. The second-order valence-corrected chi connectivity index (χ2v) is 10.00. The molecule has 7 nitrogen and oxygen atoms in total. The van der Waals surface area contributed by atoms with E-state index >= 15 is 4.39 Å². The van der Waals surface area contributed by atoms with E-state index in [-0.39, 0.29) is 36.5 Å². The van der Waals surface area contributed by atoms with E-state index in [1.807, 2.05) is 12.1 Å². The average molecular weight is 468 g/mol. The predicted molar refractivity (Wildman–Crippen MR) is 125 cm³/mol. The number of fused-ring (bicyclic) bond motifs is 1. The molecule has 0 radical (unpaired) electrons. The van der Waals surface area contributed by atoms with Gasteiger partial charge in [0.15, 0.2) is 0 Å². The van der Waals surface area contributed by atoms with Crippen molar-refractivity contribution < 1.29 is 14.0 Å². The molecule has 2 unspecified atom stereocenters. The zero-order valence-electron chi connectivity index (χ0n) is 18.7. The number of rotatable bonds is 5. The summed E-state index contributed by atoms with van der Waals surface area (Å²) < 4.78 is 15.9. The van der Waals surface area contributed by atoms with Crippen LogP contribution in [0.4, 0.5) is 4.39 Å². The Morgan fingerprint density at radius 2 is 2.06 bits per heavy atom. The lowest BCUT2D eigenvalue weighted by Gasteiger charge is -2.34. The monoisotopic (exact) mass is 467 g/mol. The van der Waals surface area contributed by atoms with Crippen LogP contribution in [0.3, 0.4) is 0 Å². The maximum Gasteiger partial charge on any atom is 0.232 e. The van der Waals surface area contributed by atoms with Gasteiger partial charge in [-0.15, -0.1) is 11.3 Å². The van der Waals surface area contributed by atoms with Crippen LogP contribution in [0.15, 0.2) is 30.6 Å². The molecule has 3 aromatic rings. The number of thiophene rings is 1. The van der Waals surface area contributed by atoms with E-state index in [0.29, 0.717) is 23.8 Å². The van der Waals surface area contributed by atoms with Crippen molar-refractivity contribution in [1.82, 2.24) is 25.1 Å². The van der Waals surface area contributed by atoms with E-state index < -0.39 is 0 Å². The summed E-state index contributed by atoms with van der Waals surface area (Å²) in [5.74, 6) is -0.802. The third kappa shape index (κ3) is 4.16. The number of hydrogen-bond donors (Lipinski definition) is 1. The van der Waals surface area contributed by atoms with E-state index in [2.05, 4.69) is 27.1 Å². The number of imide groups is 1. The van der Waals surface area contributed by atoms with Crippen LogP contribution in [0, 0.1) is 11.7 Å². The minimum absolute atomic E-state index is 0.138. The topological polar surface area (TPSA) is 78.4 Å². The third-order valence-electron chi connectivity index (χ3n) is 6.52. The summed E-state index contributed by atoms with van der Waals surface area (Å²) in [4.78, 5) is 38.0. The van der Waals surface area contributed by atoms with Crippen LogP contribution in [0.1, 0.15) is 30.7 Å². The molecule has 0 saturated carbocycles. The van der Waals surface area contributed by atoms with Crippen molar-refractivity contribution in [1.29, 1.82) is 0 Å². The Kier molecular flexibility index (Phi) is 5.94. The number of benzene rings is 1. The first-order valence-electron chi connectivity index (χ1n) is 11.2. The average Bonchev–Trinajstić information content (AvgIpc) is 3.32. The van der Waals surface area contributed by atoms with Crippen LogP contribution in [0.25, 0.3) is 21.5 Å². The van der Waals surface area contributed by atoms with Gasteiger partial charge in [-0.1, -0.05) is 19.1 Å². The summed E-state index contributed by atoms with van der Waals surface area (Å²) in [6.45, 7) is 7.27. The molecule has 2 aliphatic heterocycles. The quantitative estimate of drug-likeness (QED) is 0.581. The first-order valence-corrected chi connectivity index (χ1v) is 12.0. The van der Waals surface area contributed by atoms with Crippen LogP contribution in [-0.4, -0.2) is 57.3 Å². The van der Waals surface area contributed by atoms with E-state index in [1.165, 1.54) is 28.6 Å². The standard InChI is InChI=1S/C24H26FN5O2S/c1-14-8-21(31)30(24(14)32)11-16-9-20-23(33-16)22(28-13-27-20)17-4-3-5-19(25)18(17)12-29-7-6-26-10-15(29)2/h3-5,9,13-15,26H,6-8,10-12H2,1-2H3. The normalized spacial score (nSPS) is 22.0. The maximum atomic E-state index is 15.1. The van der Waals surface area contributed by atoms with Crippen LogP contribution in [0.2, 0.25) is 0 Å². The van der Waals surface area contributed by atoms with Gasteiger partial charge in [0.1, 0.15) is 12.1 Å². The number of piperazine rings is 1. The van der Waals surface area contributed by atoms with Gasteiger partial charge in [-0.3, -0.25) is 19.4 Å². The largest absolute Gasteiger partial charge is 0.314 e. The molecule has 172 valence electrons. The Bertz CT molecular complexity index is 1230. The molecule has 0 aliphatic carbocycles. The van der Waals surface area contributed by atoms with Crippen molar-refractivity contribution in [3.05, 3.63) is 46.9 Å². The summed E-state index contributed by atoms with van der Waals surface area (Å²) in [6.07, 6.45) is 1.75. The summed E-state index contributed by atoms with van der Waals surface area (Å²) in [5.41, 5.74) is 2.79. The van der Waals surface area contributed by atoms with Crippen molar-refractivity contribution in [2.24, 2.45) is 5.92 Å². The number of hydrogen-bond acceptors (Lipinski definition) is 7. The molecular formula is C24H26FN5O2S. The highest BCUT2D eigenvalue weighted by Gasteiger charge is 2.35. The molecule has 33 heavy (non-hydrogen) atoms. The van der Waals surface area contributed by atoms with Gasteiger partial charge in [0, 0.05) is 60.6 Å². The summed E-state index contributed by atoms with van der Waals surface area (Å²) in [7, 11) is 0. The molecule has 9 heteroatoms. The fraction of sp³-hybridized carbons (Fsp3) is 0.417. The van der Waals surface area contributed by atoms with Gasteiger partial charge in [0.25, 0.3) is 0 Å². The smallest absolute Gasteiger partial charge is 0.232 e. The van der Waals surface area contributed by atoms with Gasteiger partial charge in [0.05, 0.1) is 22.5 Å². The first-order chi connectivity index (χ1) is 15.9. The Labute approximate surface area is 195 Å². The predicted octanol–water partition coefficient (Wildman–Crippen LogP) is 3.19. The Hall–Kier alpha value is -2.75. The minimum atomic E-state index is -0.274. The summed E-state index contributed by atoms with van der Waals surface area (Å²) in [5, 5.41) is 3.37. The molecule has 0 bridgehead atoms. The molecule has 2 atom stereocenters. The zero-order chi connectivity index (χ0) is 23.1. The molecule has 1 N–H and O–H groups in total. The lowest BCUT2D eigenvalue weighted by molar-refractivity contribution is -0.139. The number of halogens is 1. The number of aromatic nitrogens is 2. The Balaban J connectivity index is 1.51. The molecule has 0 spiro atoms. The number of carbonyl (C=O) groups is 2. The highest BCUT2D eigenvalue weighted by molar-refractivity contribution is 7.19. The highest BCUT2D eigenvalue weighted by Crippen LogP contribution is 2.36. The van der Waals surface area contributed by atoms with Crippen molar-refractivity contribution in [2.75, 3.05) is 19.6 Å². The number of likely N-dealkylation sites (tertiary alicyclic amines) is 1. The van der Waals surface area contributed by atoms with Crippen LogP contribution in [-0.2, 0) is 22.7 Å². The molecule has 4 heterocycles. The van der Waals surface area contributed by atoms with Gasteiger partial charge in [0.2, 0.25) is 11.8 Å². The molecule has 2 aromatic heterocycles. The third-order valence-corrected chi connectivity index (χ3v) is 7.64. The Morgan fingerprint density at radius 1 is 1.21 bits per heavy atom. The fourth-order valence-corrected chi connectivity index (χ4v) is 5.71. The van der Waals surface area contributed by atoms with Crippen LogP contribution in [0.5, 0.6) is 0 Å². The molecule has 2 fully saturated rings. The van der Waals surface area contributed by atoms with E-state index in [0.717, 1.165) is 40.3 Å². The van der Waals surface area contributed by atoms with E-state index in [9.17, 15) is 9.59 Å². The van der Waals surface area contributed by atoms with Gasteiger partial charge in [-0.05, 0) is 19.1 Å². The van der Waals surface area contributed by atoms with Crippen molar-refractivity contribution >= 4 is 33.4 Å². The number of nitrogens with zero attached hydrogens (tertiary/aromatic N) is 4. The lowest BCUT2D eigenvalue weighted by Crippen LogP contribution is -2.49. The van der Waals surface area contributed by atoms with E-state index in [1.54, 1.807) is 13.0 Å². The molecule has 1 aromatic carbocycles. The second kappa shape index (κ2) is 8.89. The molecule has 2 aliphatic rings. The highest BCUT2D eigenvalue weighted by atomic mass is 32.1. The zero-order valence-corrected chi connectivity index (χ0v) is 19.5.